The highest BCUT2D eigenvalue weighted by Gasteiger charge is 2.26. The van der Waals surface area contributed by atoms with Gasteiger partial charge in [0.15, 0.2) is 0 Å². The molecule has 1 aliphatic heterocycles. The number of hydrogen-bond acceptors (Lipinski definition) is 4. The predicted molar refractivity (Wildman–Crippen MR) is 94.8 cm³/mol. The van der Waals surface area contributed by atoms with Crippen LogP contribution in [0.25, 0.3) is 10.9 Å². The van der Waals surface area contributed by atoms with Crippen molar-refractivity contribution in [3.63, 3.8) is 0 Å². The van der Waals surface area contributed by atoms with E-state index in [-0.39, 0.29) is 5.82 Å². The Morgan fingerprint density at radius 1 is 1.23 bits per heavy atom. The summed E-state index contributed by atoms with van der Waals surface area (Å²) in [6.45, 7) is 0.862. The third-order valence-electron chi connectivity index (χ3n) is 4.43. The number of carbonyl (C=O) groups is 1. The van der Waals surface area contributed by atoms with Crippen molar-refractivity contribution in [2.24, 2.45) is 0 Å². The third-order valence-corrected chi connectivity index (χ3v) is 4.43. The molecule has 0 N–H and O–H groups in total. The van der Waals surface area contributed by atoms with Gasteiger partial charge in [-0.15, -0.1) is 0 Å². The van der Waals surface area contributed by atoms with Crippen molar-refractivity contribution in [3.8, 4) is 11.6 Å². The van der Waals surface area contributed by atoms with Crippen LogP contribution in [0.3, 0.4) is 0 Å². The van der Waals surface area contributed by atoms with E-state index in [1.165, 1.54) is 12.1 Å². The van der Waals surface area contributed by atoms with Gasteiger partial charge in [-0.25, -0.2) is 14.2 Å². The van der Waals surface area contributed by atoms with Crippen LogP contribution in [-0.4, -0.2) is 29.6 Å². The molecule has 0 saturated heterocycles. The van der Waals surface area contributed by atoms with Gasteiger partial charge < -0.3 is 14.4 Å². The van der Waals surface area contributed by atoms with Gasteiger partial charge in [0.25, 0.3) is 0 Å². The van der Waals surface area contributed by atoms with Crippen molar-refractivity contribution in [1.82, 2.24) is 9.88 Å². The molecule has 4 rings (SSSR count). The molecular formula is C20H17FN2O3. The molecule has 132 valence electrons. The number of fused-ring (bicyclic) bond motifs is 2. The van der Waals surface area contributed by atoms with Crippen LogP contribution < -0.4 is 9.47 Å². The minimum Gasteiger partial charge on any atom is -0.497 e. The van der Waals surface area contributed by atoms with E-state index >= 15 is 0 Å². The Labute approximate surface area is 150 Å². The second-order valence-electron chi connectivity index (χ2n) is 6.18. The Balaban J connectivity index is 1.55. The second-order valence-corrected chi connectivity index (χ2v) is 6.18. The topological polar surface area (TPSA) is 51.7 Å². The van der Waals surface area contributed by atoms with Crippen LogP contribution in [0.2, 0.25) is 0 Å². The lowest BCUT2D eigenvalue weighted by molar-refractivity contribution is 0.137. The molecule has 0 spiro atoms. The molecule has 6 heteroatoms. The third kappa shape index (κ3) is 3.18. The molecule has 0 saturated carbocycles. The molecule has 5 nitrogen and oxygen atoms in total. The summed E-state index contributed by atoms with van der Waals surface area (Å²) in [7, 11) is 1.59. The van der Waals surface area contributed by atoms with E-state index in [0.29, 0.717) is 36.7 Å². The number of aromatic nitrogens is 1. The maximum Gasteiger partial charge on any atom is 0.416 e. The highest BCUT2D eigenvalue weighted by molar-refractivity contribution is 5.83. The van der Waals surface area contributed by atoms with Gasteiger partial charge in [-0.2, -0.15) is 0 Å². The fraction of sp³-hybridized carbons (Fsp3) is 0.200. The minimum absolute atomic E-state index is 0.278. The van der Waals surface area contributed by atoms with Crippen molar-refractivity contribution in [1.29, 1.82) is 0 Å². The number of carbonyl (C=O) groups excluding carboxylic acids is 1. The fourth-order valence-corrected chi connectivity index (χ4v) is 3.05. The molecule has 0 bridgehead atoms. The van der Waals surface area contributed by atoms with Gasteiger partial charge in [-0.1, -0.05) is 12.1 Å². The molecule has 1 amide bonds. The van der Waals surface area contributed by atoms with Crippen molar-refractivity contribution < 1.29 is 18.7 Å². The Morgan fingerprint density at radius 2 is 2.12 bits per heavy atom. The largest absolute Gasteiger partial charge is 0.497 e. The molecule has 0 radical (unpaired) electrons. The van der Waals surface area contributed by atoms with Crippen LogP contribution in [0.15, 0.2) is 48.5 Å². The zero-order chi connectivity index (χ0) is 18.1. The molecule has 0 unspecified atom stereocenters. The summed E-state index contributed by atoms with van der Waals surface area (Å²) in [6, 6.07) is 14.0. The summed E-state index contributed by atoms with van der Waals surface area (Å²) in [6.07, 6.45) is 0.115. The summed E-state index contributed by atoms with van der Waals surface area (Å²) in [5, 5.41) is 0.951. The highest BCUT2D eigenvalue weighted by atomic mass is 19.1. The second kappa shape index (κ2) is 6.63. The van der Waals surface area contributed by atoms with Gasteiger partial charge in [-0.05, 0) is 42.3 Å². The van der Waals surface area contributed by atoms with E-state index < -0.39 is 6.09 Å². The molecule has 1 aromatic heterocycles. The maximum absolute atomic E-state index is 13.3. The molecule has 0 fully saturated rings. The highest BCUT2D eigenvalue weighted by Crippen LogP contribution is 2.29. The molecular weight excluding hydrogens is 335 g/mol. The van der Waals surface area contributed by atoms with Crippen LogP contribution in [0.4, 0.5) is 9.18 Å². The van der Waals surface area contributed by atoms with Crippen molar-refractivity contribution in [3.05, 3.63) is 65.5 Å². The maximum atomic E-state index is 13.3. The zero-order valence-electron chi connectivity index (χ0n) is 14.2. The number of amides is 1. The Kier molecular flexibility index (Phi) is 4.16. The molecule has 2 aromatic carbocycles. The van der Waals surface area contributed by atoms with Gasteiger partial charge >= 0.3 is 6.09 Å². The minimum atomic E-state index is -0.441. The van der Waals surface area contributed by atoms with Gasteiger partial charge in [0.05, 0.1) is 19.2 Å². The van der Waals surface area contributed by atoms with Crippen LogP contribution in [-0.2, 0) is 13.0 Å². The Bertz CT molecular complexity index is 990. The average Bonchev–Trinajstić information content (AvgIpc) is 2.64. The number of nitrogens with zero attached hydrogens (tertiary/aromatic N) is 2. The number of benzene rings is 2. The Morgan fingerprint density at radius 3 is 2.92 bits per heavy atom. The van der Waals surface area contributed by atoms with E-state index in [2.05, 4.69) is 4.98 Å². The van der Waals surface area contributed by atoms with E-state index in [1.54, 1.807) is 24.1 Å². The molecule has 0 aliphatic carbocycles. The van der Waals surface area contributed by atoms with E-state index in [0.717, 1.165) is 16.5 Å². The number of halogens is 1. The smallest absolute Gasteiger partial charge is 0.416 e. The van der Waals surface area contributed by atoms with Gasteiger partial charge in [0.1, 0.15) is 11.6 Å². The normalized spacial score (nSPS) is 13.5. The summed E-state index contributed by atoms with van der Waals surface area (Å²) >= 11 is 0. The molecule has 0 atom stereocenters. The zero-order valence-corrected chi connectivity index (χ0v) is 14.2. The standard InChI is InChI=1S/C20H17FN2O3/c1-25-17-6-5-14-10-15-12-23(8-7-13-3-2-4-16(21)9-13)20(24)26-19(15)22-18(14)11-17/h2-6,9-11H,7-8,12H2,1H3. The van der Waals surface area contributed by atoms with Crippen LogP contribution in [0.5, 0.6) is 11.6 Å². The van der Waals surface area contributed by atoms with Crippen molar-refractivity contribution >= 4 is 17.0 Å². The lowest BCUT2D eigenvalue weighted by atomic mass is 10.1. The van der Waals surface area contributed by atoms with Crippen molar-refractivity contribution in [2.45, 2.75) is 13.0 Å². The number of rotatable bonds is 4. The lowest BCUT2D eigenvalue weighted by Crippen LogP contribution is -2.38. The van der Waals surface area contributed by atoms with Gasteiger partial charge in [0, 0.05) is 23.6 Å². The van der Waals surface area contributed by atoms with E-state index in [9.17, 15) is 9.18 Å². The van der Waals surface area contributed by atoms with Crippen LogP contribution in [0.1, 0.15) is 11.1 Å². The molecule has 2 heterocycles. The predicted octanol–water partition coefficient (Wildman–Crippen LogP) is 3.94. The number of pyridine rings is 1. The Hall–Kier alpha value is -3.15. The van der Waals surface area contributed by atoms with Gasteiger partial charge in [0.2, 0.25) is 5.88 Å². The number of methoxy groups -OCH3 is 1. The number of hydrogen-bond donors (Lipinski definition) is 0. The SMILES string of the molecule is COc1ccc2cc3c(nc2c1)OC(=O)N(CCc1cccc(F)c1)C3. The van der Waals surface area contributed by atoms with E-state index in [1.807, 2.05) is 24.3 Å². The average molecular weight is 352 g/mol. The molecule has 3 aromatic rings. The molecule has 26 heavy (non-hydrogen) atoms. The van der Waals surface area contributed by atoms with Crippen molar-refractivity contribution in [2.75, 3.05) is 13.7 Å². The summed E-state index contributed by atoms with van der Waals surface area (Å²) in [4.78, 5) is 18.3. The first-order valence-corrected chi connectivity index (χ1v) is 8.31. The van der Waals surface area contributed by atoms with E-state index in [4.69, 9.17) is 9.47 Å². The molecule has 1 aliphatic rings. The summed E-state index contributed by atoms with van der Waals surface area (Å²) in [5.41, 5.74) is 2.40. The quantitative estimate of drug-likeness (QED) is 0.714. The number of ether oxygens (including phenoxy) is 2. The van der Waals surface area contributed by atoms with Gasteiger partial charge in [-0.3, -0.25) is 0 Å². The monoisotopic (exact) mass is 352 g/mol. The first-order valence-electron chi connectivity index (χ1n) is 8.31. The fourth-order valence-electron chi connectivity index (χ4n) is 3.05. The van der Waals surface area contributed by atoms with Crippen LogP contribution >= 0.6 is 0 Å². The summed E-state index contributed by atoms with van der Waals surface area (Å²) < 4.78 is 23.9. The first-order chi connectivity index (χ1) is 12.6. The van der Waals surface area contributed by atoms with Crippen LogP contribution in [0, 0.1) is 5.82 Å². The lowest BCUT2D eigenvalue weighted by Gasteiger charge is -2.27. The first kappa shape index (κ1) is 16.3. The summed E-state index contributed by atoms with van der Waals surface area (Å²) in [5.74, 6) is 0.752.